The Bertz CT molecular complexity index is 1160. The molecule has 4 aromatic rings. The maximum atomic E-state index is 12.4. The van der Waals surface area contributed by atoms with Gasteiger partial charge in [-0.1, -0.05) is 17.3 Å². The number of phenols is 1. The SMILES string of the molecule is Nc1ccc(-c2cccnc2)cc1NC(=O)CCc1cn(-c2ccc(O)cc2)nn1. The number of carbonyl (C=O) groups is 1. The predicted octanol–water partition coefficient (Wildman–Crippen LogP) is 3.19. The molecule has 4 rings (SSSR count). The van der Waals surface area contributed by atoms with E-state index < -0.39 is 0 Å². The number of nitrogens with one attached hydrogen (secondary N) is 1. The van der Waals surface area contributed by atoms with Gasteiger partial charge < -0.3 is 16.2 Å². The van der Waals surface area contributed by atoms with E-state index in [1.807, 2.05) is 24.3 Å². The van der Waals surface area contributed by atoms with E-state index in [2.05, 4.69) is 20.6 Å². The number of aryl methyl sites for hydroxylation is 1. The summed E-state index contributed by atoms with van der Waals surface area (Å²) >= 11 is 0. The number of nitrogens with two attached hydrogens (primary N) is 1. The molecule has 30 heavy (non-hydrogen) atoms. The van der Waals surface area contributed by atoms with Crippen LogP contribution in [0.4, 0.5) is 11.4 Å². The minimum atomic E-state index is -0.163. The smallest absolute Gasteiger partial charge is 0.224 e. The Morgan fingerprint density at radius 2 is 1.93 bits per heavy atom. The van der Waals surface area contributed by atoms with Crippen molar-refractivity contribution in [1.29, 1.82) is 0 Å². The summed E-state index contributed by atoms with van der Waals surface area (Å²) in [7, 11) is 0. The van der Waals surface area contributed by atoms with E-state index in [1.165, 1.54) is 0 Å². The highest BCUT2D eigenvalue weighted by molar-refractivity contribution is 5.95. The second-order valence-electron chi connectivity index (χ2n) is 6.76. The highest BCUT2D eigenvalue weighted by Crippen LogP contribution is 2.27. The fourth-order valence-corrected chi connectivity index (χ4v) is 2.98. The number of carbonyl (C=O) groups excluding carboxylic acids is 1. The minimum Gasteiger partial charge on any atom is -0.508 e. The molecule has 150 valence electrons. The molecule has 0 saturated heterocycles. The molecular weight excluding hydrogens is 380 g/mol. The van der Waals surface area contributed by atoms with Crippen LogP contribution in [0, 0.1) is 0 Å². The number of aromatic hydroxyl groups is 1. The molecule has 0 atom stereocenters. The number of anilines is 2. The van der Waals surface area contributed by atoms with E-state index >= 15 is 0 Å². The molecule has 4 N–H and O–H groups in total. The first-order valence-electron chi connectivity index (χ1n) is 9.39. The first kappa shape index (κ1) is 19.1. The third-order valence-corrected chi connectivity index (χ3v) is 4.59. The van der Waals surface area contributed by atoms with E-state index in [0.29, 0.717) is 23.5 Å². The van der Waals surface area contributed by atoms with Gasteiger partial charge in [0.2, 0.25) is 5.91 Å². The van der Waals surface area contributed by atoms with Gasteiger partial charge in [0, 0.05) is 30.8 Å². The lowest BCUT2D eigenvalue weighted by atomic mass is 10.1. The van der Waals surface area contributed by atoms with Crippen molar-refractivity contribution in [3.05, 3.63) is 78.9 Å². The molecule has 8 nitrogen and oxygen atoms in total. The van der Waals surface area contributed by atoms with Crippen LogP contribution in [0.1, 0.15) is 12.1 Å². The Hall–Kier alpha value is -4.20. The van der Waals surface area contributed by atoms with Gasteiger partial charge >= 0.3 is 0 Å². The fraction of sp³-hybridized carbons (Fsp3) is 0.0909. The maximum absolute atomic E-state index is 12.4. The van der Waals surface area contributed by atoms with Crippen molar-refractivity contribution in [3.8, 4) is 22.6 Å². The van der Waals surface area contributed by atoms with Crippen LogP contribution in [0.25, 0.3) is 16.8 Å². The van der Waals surface area contributed by atoms with E-state index in [1.54, 1.807) is 53.6 Å². The van der Waals surface area contributed by atoms with Gasteiger partial charge in [-0.2, -0.15) is 0 Å². The van der Waals surface area contributed by atoms with Gasteiger partial charge in [0.25, 0.3) is 0 Å². The molecule has 0 unspecified atom stereocenters. The molecule has 0 saturated carbocycles. The van der Waals surface area contributed by atoms with Gasteiger partial charge in [0.05, 0.1) is 29.0 Å². The van der Waals surface area contributed by atoms with Gasteiger partial charge in [0.1, 0.15) is 5.75 Å². The van der Waals surface area contributed by atoms with Crippen LogP contribution in [0.15, 0.2) is 73.2 Å². The molecule has 0 aliphatic heterocycles. The number of pyridine rings is 1. The third-order valence-electron chi connectivity index (χ3n) is 4.59. The maximum Gasteiger partial charge on any atom is 0.224 e. The van der Waals surface area contributed by atoms with Crippen LogP contribution < -0.4 is 11.1 Å². The normalized spacial score (nSPS) is 10.7. The highest BCUT2D eigenvalue weighted by atomic mass is 16.3. The molecule has 0 radical (unpaired) electrons. The summed E-state index contributed by atoms with van der Waals surface area (Å²) in [6.45, 7) is 0. The zero-order chi connectivity index (χ0) is 20.9. The van der Waals surface area contributed by atoms with Crippen LogP contribution >= 0.6 is 0 Å². The summed E-state index contributed by atoms with van der Waals surface area (Å²) in [6, 6.07) is 15.9. The van der Waals surface area contributed by atoms with Crippen molar-refractivity contribution in [1.82, 2.24) is 20.0 Å². The number of benzene rings is 2. The monoisotopic (exact) mass is 400 g/mol. The second kappa shape index (κ2) is 8.44. The Balaban J connectivity index is 1.39. The molecule has 0 fully saturated rings. The quantitative estimate of drug-likeness (QED) is 0.428. The predicted molar refractivity (Wildman–Crippen MR) is 114 cm³/mol. The van der Waals surface area contributed by atoms with Gasteiger partial charge in [0.15, 0.2) is 0 Å². The standard InChI is InChI=1S/C22H20N6O2/c23-20-9-3-15(16-2-1-11-24-13-16)12-21(20)25-22(30)10-4-17-14-28(27-26-17)18-5-7-19(29)8-6-18/h1-3,5-9,11-14,29H,4,10,23H2,(H,25,30). The lowest BCUT2D eigenvalue weighted by molar-refractivity contribution is -0.116. The second-order valence-corrected chi connectivity index (χ2v) is 6.76. The summed E-state index contributed by atoms with van der Waals surface area (Å²) in [5.74, 6) is 0.0202. The van der Waals surface area contributed by atoms with Crippen molar-refractivity contribution in [3.63, 3.8) is 0 Å². The largest absolute Gasteiger partial charge is 0.508 e. The van der Waals surface area contributed by atoms with Crippen molar-refractivity contribution in [2.45, 2.75) is 12.8 Å². The van der Waals surface area contributed by atoms with Crippen LogP contribution in [0.3, 0.4) is 0 Å². The lowest BCUT2D eigenvalue weighted by Crippen LogP contribution is -2.13. The number of amides is 1. The highest BCUT2D eigenvalue weighted by Gasteiger charge is 2.10. The Morgan fingerprint density at radius 3 is 2.70 bits per heavy atom. The van der Waals surface area contributed by atoms with E-state index in [4.69, 9.17) is 5.73 Å². The molecule has 1 amide bonds. The summed E-state index contributed by atoms with van der Waals surface area (Å²) in [5.41, 5.74) is 10.4. The number of hydrogen-bond donors (Lipinski definition) is 3. The first-order valence-corrected chi connectivity index (χ1v) is 9.39. The van der Waals surface area contributed by atoms with Crippen LogP contribution in [0.2, 0.25) is 0 Å². The Labute approximate surface area is 173 Å². The van der Waals surface area contributed by atoms with Crippen LogP contribution in [-0.2, 0) is 11.2 Å². The summed E-state index contributed by atoms with van der Waals surface area (Å²) in [5, 5.41) is 20.4. The molecule has 8 heteroatoms. The van der Waals surface area contributed by atoms with Gasteiger partial charge in [-0.05, 0) is 48.0 Å². The summed E-state index contributed by atoms with van der Waals surface area (Å²) < 4.78 is 1.60. The molecule has 0 aliphatic rings. The Kier molecular flexibility index (Phi) is 5.38. The average molecular weight is 400 g/mol. The van der Waals surface area contributed by atoms with E-state index in [-0.39, 0.29) is 18.1 Å². The first-order chi connectivity index (χ1) is 14.6. The number of rotatable bonds is 6. The zero-order valence-corrected chi connectivity index (χ0v) is 16.1. The van der Waals surface area contributed by atoms with Crippen molar-refractivity contribution < 1.29 is 9.90 Å². The molecule has 0 aliphatic carbocycles. The van der Waals surface area contributed by atoms with Gasteiger partial charge in [-0.25, -0.2) is 4.68 Å². The lowest BCUT2D eigenvalue weighted by Gasteiger charge is -2.10. The zero-order valence-electron chi connectivity index (χ0n) is 16.1. The topological polar surface area (TPSA) is 119 Å². The van der Waals surface area contributed by atoms with Gasteiger partial charge in [-0.15, -0.1) is 5.10 Å². The van der Waals surface area contributed by atoms with Crippen molar-refractivity contribution in [2.24, 2.45) is 0 Å². The number of phenolic OH excluding ortho intramolecular Hbond substituents is 1. The van der Waals surface area contributed by atoms with E-state index in [0.717, 1.165) is 16.8 Å². The summed E-state index contributed by atoms with van der Waals surface area (Å²) in [6.07, 6.45) is 5.91. The molecule has 2 aromatic heterocycles. The summed E-state index contributed by atoms with van der Waals surface area (Å²) in [4.78, 5) is 16.6. The van der Waals surface area contributed by atoms with Crippen LogP contribution in [-0.4, -0.2) is 31.0 Å². The van der Waals surface area contributed by atoms with Crippen molar-refractivity contribution in [2.75, 3.05) is 11.1 Å². The van der Waals surface area contributed by atoms with Crippen molar-refractivity contribution >= 4 is 17.3 Å². The molecule has 2 aromatic carbocycles. The molecule has 0 spiro atoms. The Morgan fingerprint density at radius 1 is 1.10 bits per heavy atom. The minimum absolute atomic E-state index is 0.163. The molecular formula is C22H20N6O2. The fourth-order valence-electron chi connectivity index (χ4n) is 2.98. The van der Waals surface area contributed by atoms with E-state index in [9.17, 15) is 9.90 Å². The van der Waals surface area contributed by atoms with Crippen LogP contribution in [0.5, 0.6) is 5.75 Å². The number of hydrogen-bond acceptors (Lipinski definition) is 6. The van der Waals surface area contributed by atoms with Gasteiger partial charge in [-0.3, -0.25) is 9.78 Å². The third kappa shape index (κ3) is 4.44. The average Bonchev–Trinajstić information content (AvgIpc) is 3.24. The number of aromatic nitrogens is 4. The molecule has 2 heterocycles. The number of nitrogen functional groups attached to an aromatic ring is 1. The number of nitrogens with zero attached hydrogens (tertiary/aromatic N) is 4. The molecule has 0 bridgehead atoms.